The van der Waals surface area contributed by atoms with E-state index in [2.05, 4.69) is 20.5 Å². The number of carbonyl (C=O) groups excluding carboxylic acids is 3. The second-order valence-corrected chi connectivity index (χ2v) is 11.8. The van der Waals surface area contributed by atoms with E-state index in [1.807, 2.05) is 68.4 Å². The molecular weight excluding hydrogens is 568 g/mol. The van der Waals surface area contributed by atoms with Crippen LogP contribution in [0.2, 0.25) is 0 Å². The molecule has 0 N–H and O–H groups in total. The van der Waals surface area contributed by atoms with E-state index in [-0.39, 0.29) is 4.91 Å². The average Bonchev–Trinajstić information content (AvgIpc) is 3.27. The molecule has 3 aromatic rings. The van der Waals surface area contributed by atoms with Crippen LogP contribution in [-0.2, 0) is 20.9 Å². The molecule has 198 valence electrons. The Morgan fingerprint density at radius 3 is 2.32 bits per heavy atom. The van der Waals surface area contributed by atoms with Crippen molar-refractivity contribution in [3.63, 3.8) is 0 Å². The maximum absolute atomic E-state index is 12.9. The minimum atomic E-state index is -0.698. The summed E-state index contributed by atoms with van der Waals surface area (Å²) in [4.78, 5) is 38.7. The van der Waals surface area contributed by atoms with Gasteiger partial charge in [0.2, 0.25) is 0 Å². The fourth-order valence-corrected chi connectivity index (χ4v) is 5.14. The van der Waals surface area contributed by atoms with Crippen molar-refractivity contribution in [1.82, 2.24) is 9.47 Å². The fourth-order valence-electron chi connectivity index (χ4n) is 4.05. The van der Waals surface area contributed by atoms with Crippen LogP contribution in [0.4, 0.5) is 4.79 Å². The van der Waals surface area contributed by atoms with Crippen molar-refractivity contribution in [3.8, 4) is 11.4 Å². The van der Waals surface area contributed by atoms with Crippen molar-refractivity contribution < 1.29 is 23.9 Å². The van der Waals surface area contributed by atoms with Gasteiger partial charge in [0.15, 0.2) is 0 Å². The first-order chi connectivity index (χ1) is 17.9. The fraction of sp³-hybridized carbons (Fsp3) is 0.276. The molecule has 1 aliphatic heterocycles. The molecule has 38 heavy (non-hydrogen) atoms. The van der Waals surface area contributed by atoms with Gasteiger partial charge in [0.05, 0.1) is 4.91 Å². The summed E-state index contributed by atoms with van der Waals surface area (Å²) in [7, 11) is 0. The van der Waals surface area contributed by atoms with Gasteiger partial charge < -0.3 is 14.0 Å². The standard InChI is InChI=1S/C29H29BrN2O5S/c1-18-14-21(15-25-27(34)31(28(35)38-25)16-26(33)37-29(3,4)5)19(2)32(18)23-10-12-24(13-11-23)36-17-20-6-8-22(30)9-7-20/h6-15H,16-17H2,1-5H3. The van der Waals surface area contributed by atoms with Crippen molar-refractivity contribution in [2.45, 2.75) is 46.8 Å². The molecule has 0 radical (unpaired) electrons. The van der Waals surface area contributed by atoms with Crippen LogP contribution in [0.1, 0.15) is 43.3 Å². The van der Waals surface area contributed by atoms with Gasteiger partial charge in [0.1, 0.15) is 24.5 Å². The Balaban J connectivity index is 1.47. The third-order valence-electron chi connectivity index (χ3n) is 5.75. The zero-order chi connectivity index (χ0) is 27.6. The maximum Gasteiger partial charge on any atom is 0.326 e. The monoisotopic (exact) mass is 596 g/mol. The van der Waals surface area contributed by atoms with Crippen LogP contribution in [0, 0.1) is 13.8 Å². The Kier molecular flexibility index (Phi) is 8.18. The third-order valence-corrected chi connectivity index (χ3v) is 7.19. The number of aromatic nitrogens is 1. The highest BCUT2D eigenvalue weighted by atomic mass is 79.9. The normalized spacial score (nSPS) is 14.9. The molecule has 9 heteroatoms. The number of rotatable bonds is 7. The van der Waals surface area contributed by atoms with Gasteiger partial charge in [0, 0.05) is 21.5 Å². The van der Waals surface area contributed by atoms with Gasteiger partial charge >= 0.3 is 5.97 Å². The van der Waals surface area contributed by atoms with Crippen LogP contribution in [0.5, 0.6) is 5.75 Å². The second kappa shape index (κ2) is 11.2. The number of thioether (sulfide) groups is 1. The molecule has 1 saturated heterocycles. The predicted molar refractivity (Wildman–Crippen MR) is 152 cm³/mol. The van der Waals surface area contributed by atoms with Crippen LogP contribution >= 0.6 is 27.7 Å². The Morgan fingerprint density at radius 2 is 1.68 bits per heavy atom. The van der Waals surface area contributed by atoms with Crippen LogP contribution in [0.15, 0.2) is 64.0 Å². The third kappa shape index (κ3) is 6.57. The maximum atomic E-state index is 12.9. The van der Waals surface area contributed by atoms with Gasteiger partial charge in [-0.1, -0.05) is 28.1 Å². The first kappa shape index (κ1) is 27.7. The molecular formula is C29H29BrN2O5S. The van der Waals surface area contributed by atoms with Crippen LogP contribution in [0.3, 0.4) is 0 Å². The van der Waals surface area contributed by atoms with E-state index in [1.165, 1.54) is 0 Å². The number of halogens is 1. The van der Waals surface area contributed by atoms with E-state index in [4.69, 9.17) is 9.47 Å². The second-order valence-electron chi connectivity index (χ2n) is 9.93. The molecule has 0 unspecified atom stereocenters. The van der Waals surface area contributed by atoms with Crippen molar-refractivity contribution in [2.24, 2.45) is 0 Å². The number of nitrogens with zero attached hydrogens (tertiary/aromatic N) is 2. The van der Waals surface area contributed by atoms with E-state index in [0.29, 0.717) is 6.61 Å². The number of hydrogen-bond donors (Lipinski definition) is 0. The first-order valence-electron chi connectivity index (χ1n) is 12.0. The minimum Gasteiger partial charge on any atom is -0.489 e. The molecule has 0 atom stereocenters. The lowest BCUT2D eigenvalue weighted by molar-refractivity contribution is -0.156. The Hall–Kier alpha value is -3.30. The molecule has 1 aromatic heterocycles. The molecule has 4 rings (SSSR count). The number of amides is 2. The number of ether oxygens (including phenoxy) is 2. The zero-order valence-electron chi connectivity index (χ0n) is 21.9. The largest absolute Gasteiger partial charge is 0.489 e. The number of imide groups is 1. The summed E-state index contributed by atoms with van der Waals surface area (Å²) in [5, 5.41) is -0.486. The van der Waals surface area contributed by atoms with Gasteiger partial charge in [-0.3, -0.25) is 19.3 Å². The summed E-state index contributed by atoms with van der Waals surface area (Å²) in [5.41, 5.74) is 4.05. The Morgan fingerprint density at radius 1 is 1.03 bits per heavy atom. The molecule has 1 aliphatic rings. The number of benzene rings is 2. The number of carbonyl (C=O) groups is 3. The quantitative estimate of drug-likeness (QED) is 0.220. The van der Waals surface area contributed by atoms with Gasteiger partial charge in [-0.25, -0.2) is 0 Å². The van der Waals surface area contributed by atoms with Crippen molar-refractivity contribution in [3.05, 3.63) is 86.5 Å². The number of hydrogen-bond acceptors (Lipinski definition) is 6. The molecule has 2 heterocycles. The minimum absolute atomic E-state index is 0.274. The SMILES string of the molecule is Cc1cc(C=C2SC(=O)N(CC(=O)OC(C)(C)C)C2=O)c(C)n1-c1ccc(OCc2ccc(Br)cc2)cc1. The Bertz CT molecular complexity index is 1400. The van der Waals surface area contributed by atoms with E-state index in [0.717, 1.165) is 55.1 Å². The molecule has 1 fully saturated rings. The zero-order valence-corrected chi connectivity index (χ0v) is 24.3. The summed E-state index contributed by atoms with van der Waals surface area (Å²) in [6, 6.07) is 17.8. The number of aryl methyl sites for hydroxylation is 1. The van der Waals surface area contributed by atoms with Crippen molar-refractivity contribution in [2.75, 3.05) is 6.54 Å². The van der Waals surface area contributed by atoms with Crippen LogP contribution in [-0.4, -0.2) is 38.7 Å². The average molecular weight is 598 g/mol. The van der Waals surface area contributed by atoms with Gasteiger partial charge in [-0.15, -0.1) is 0 Å². The summed E-state index contributed by atoms with van der Waals surface area (Å²) >= 11 is 4.26. The van der Waals surface area contributed by atoms with Gasteiger partial charge in [-0.05, 0) is 106 Å². The summed E-state index contributed by atoms with van der Waals surface area (Å²) in [5.74, 6) is -0.357. The molecule has 0 spiro atoms. The van der Waals surface area contributed by atoms with Crippen molar-refractivity contribution in [1.29, 1.82) is 0 Å². The van der Waals surface area contributed by atoms with Crippen molar-refractivity contribution >= 4 is 50.9 Å². The van der Waals surface area contributed by atoms with E-state index in [1.54, 1.807) is 26.8 Å². The van der Waals surface area contributed by atoms with E-state index in [9.17, 15) is 14.4 Å². The van der Waals surface area contributed by atoms with E-state index < -0.39 is 29.3 Å². The predicted octanol–water partition coefficient (Wildman–Crippen LogP) is 6.81. The van der Waals surface area contributed by atoms with E-state index >= 15 is 0 Å². The highest BCUT2D eigenvalue weighted by molar-refractivity contribution is 9.10. The molecule has 0 bridgehead atoms. The molecule has 0 aliphatic carbocycles. The highest BCUT2D eigenvalue weighted by Crippen LogP contribution is 2.34. The number of esters is 1. The van der Waals surface area contributed by atoms with Crippen LogP contribution < -0.4 is 4.74 Å². The molecule has 2 aromatic carbocycles. The lowest BCUT2D eigenvalue weighted by Crippen LogP contribution is -2.37. The van der Waals surface area contributed by atoms with Gasteiger partial charge in [-0.2, -0.15) is 0 Å². The lowest BCUT2D eigenvalue weighted by atomic mass is 10.2. The smallest absolute Gasteiger partial charge is 0.326 e. The van der Waals surface area contributed by atoms with Crippen LogP contribution in [0.25, 0.3) is 11.8 Å². The summed E-state index contributed by atoms with van der Waals surface area (Å²) in [6.07, 6.45) is 1.70. The topological polar surface area (TPSA) is 77.8 Å². The van der Waals surface area contributed by atoms with Gasteiger partial charge in [0.25, 0.3) is 11.1 Å². The summed E-state index contributed by atoms with van der Waals surface area (Å²) in [6.45, 7) is 9.21. The Labute approximate surface area is 234 Å². The lowest BCUT2D eigenvalue weighted by Gasteiger charge is -2.21. The first-order valence-corrected chi connectivity index (χ1v) is 13.7. The molecule has 0 saturated carbocycles. The molecule has 7 nitrogen and oxygen atoms in total. The highest BCUT2D eigenvalue weighted by Gasteiger charge is 2.37. The molecule has 2 amide bonds. The summed E-state index contributed by atoms with van der Waals surface area (Å²) < 4.78 is 14.3.